The third-order valence-corrected chi connectivity index (χ3v) is 3.37. The molecule has 2 aliphatic rings. The normalized spacial score (nSPS) is 19.5. The molecular weight excluding hydrogens is 218 g/mol. The van der Waals surface area contributed by atoms with E-state index in [0.717, 1.165) is 5.70 Å². The highest BCUT2D eigenvalue weighted by atomic mass is 14.9. The fourth-order valence-electron chi connectivity index (χ4n) is 2.54. The van der Waals surface area contributed by atoms with Gasteiger partial charge in [0.15, 0.2) is 0 Å². The van der Waals surface area contributed by atoms with Gasteiger partial charge < -0.3 is 5.32 Å². The van der Waals surface area contributed by atoms with Crippen molar-refractivity contribution >= 4 is 11.8 Å². The van der Waals surface area contributed by atoms with E-state index in [4.69, 9.17) is 0 Å². The number of fused-ring (bicyclic) bond motifs is 2. The number of rotatable bonds is 0. The Bertz CT molecular complexity index is 483. The number of aryl methyl sites for hydroxylation is 1. The predicted molar refractivity (Wildman–Crippen MR) is 80.3 cm³/mol. The molecule has 18 heavy (non-hydrogen) atoms. The largest absolute Gasteiger partial charge is 0.378 e. The van der Waals surface area contributed by atoms with Crippen molar-refractivity contribution in [1.29, 1.82) is 0 Å². The Hall–Kier alpha value is -1.50. The van der Waals surface area contributed by atoms with Gasteiger partial charge in [-0.1, -0.05) is 39.0 Å². The molecule has 1 aliphatic carbocycles. The van der Waals surface area contributed by atoms with Gasteiger partial charge in [0.2, 0.25) is 0 Å². The Kier molecular flexibility index (Phi) is 3.90. The molecule has 1 aromatic carbocycles. The van der Waals surface area contributed by atoms with E-state index in [9.17, 15) is 0 Å². The number of benzene rings is 1. The predicted octanol–water partition coefficient (Wildman–Crippen LogP) is 4.70. The van der Waals surface area contributed by atoms with Crippen molar-refractivity contribution in [3.8, 4) is 0 Å². The van der Waals surface area contributed by atoms with Gasteiger partial charge >= 0.3 is 0 Å². The zero-order chi connectivity index (χ0) is 13.1. The lowest BCUT2D eigenvalue weighted by atomic mass is 9.91. The van der Waals surface area contributed by atoms with Crippen molar-refractivity contribution in [3.05, 3.63) is 47.0 Å². The SMILES string of the molecule is C=C1NC(C)c2cc3c(cc21)CCC=C3.CCC. The fourth-order valence-corrected chi connectivity index (χ4v) is 2.54. The van der Waals surface area contributed by atoms with Crippen LogP contribution in [0.3, 0.4) is 0 Å². The molecule has 0 bridgehead atoms. The summed E-state index contributed by atoms with van der Waals surface area (Å²) in [5.74, 6) is 0. The molecule has 0 aromatic heterocycles. The first kappa shape index (κ1) is 12.9. The monoisotopic (exact) mass is 241 g/mol. The first-order chi connectivity index (χ1) is 8.67. The van der Waals surface area contributed by atoms with Crippen molar-refractivity contribution in [1.82, 2.24) is 5.32 Å². The summed E-state index contributed by atoms with van der Waals surface area (Å²) in [6.45, 7) is 10.5. The van der Waals surface area contributed by atoms with Crippen molar-refractivity contribution in [2.24, 2.45) is 0 Å². The summed E-state index contributed by atoms with van der Waals surface area (Å²) in [5, 5.41) is 3.39. The number of hydrogen-bond acceptors (Lipinski definition) is 1. The highest BCUT2D eigenvalue weighted by Crippen LogP contribution is 2.35. The maximum absolute atomic E-state index is 4.07. The van der Waals surface area contributed by atoms with Crippen molar-refractivity contribution < 1.29 is 0 Å². The Morgan fingerprint density at radius 2 is 2.06 bits per heavy atom. The number of hydrogen-bond donors (Lipinski definition) is 1. The van der Waals surface area contributed by atoms with Gasteiger partial charge in [0.1, 0.15) is 0 Å². The molecule has 1 atom stereocenters. The molecule has 0 amide bonds. The molecule has 1 N–H and O–H groups in total. The van der Waals surface area contributed by atoms with E-state index in [1.807, 2.05) is 0 Å². The van der Waals surface area contributed by atoms with E-state index in [-0.39, 0.29) is 0 Å². The molecule has 1 aliphatic heterocycles. The molecule has 0 radical (unpaired) electrons. The molecule has 0 saturated heterocycles. The first-order valence-corrected chi connectivity index (χ1v) is 6.96. The summed E-state index contributed by atoms with van der Waals surface area (Å²) < 4.78 is 0. The lowest BCUT2D eigenvalue weighted by Gasteiger charge is -2.13. The van der Waals surface area contributed by atoms with E-state index >= 15 is 0 Å². The summed E-state index contributed by atoms with van der Waals surface area (Å²) in [4.78, 5) is 0. The molecule has 1 heterocycles. The molecule has 1 nitrogen and oxygen atoms in total. The molecule has 1 aromatic rings. The van der Waals surface area contributed by atoms with Crippen molar-refractivity contribution in [3.63, 3.8) is 0 Å². The molecule has 0 spiro atoms. The quantitative estimate of drug-likeness (QED) is 0.694. The topological polar surface area (TPSA) is 12.0 Å². The molecule has 1 unspecified atom stereocenters. The van der Waals surface area contributed by atoms with Crippen LogP contribution < -0.4 is 5.32 Å². The second-order valence-corrected chi connectivity index (χ2v) is 5.13. The van der Waals surface area contributed by atoms with E-state index in [1.165, 1.54) is 41.5 Å². The van der Waals surface area contributed by atoms with E-state index in [0.29, 0.717) is 6.04 Å². The first-order valence-electron chi connectivity index (χ1n) is 6.96. The Morgan fingerprint density at radius 3 is 2.78 bits per heavy atom. The van der Waals surface area contributed by atoms with Crippen LogP contribution in [0.15, 0.2) is 24.8 Å². The van der Waals surface area contributed by atoms with Crippen LogP contribution in [0, 0.1) is 0 Å². The fraction of sp³-hybridized carbons (Fsp3) is 0.412. The van der Waals surface area contributed by atoms with E-state index < -0.39 is 0 Å². The molecule has 0 saturated carbocycles. The van der Waals surface area contributed by atoms with Gasteiger partial charge in [0.25, 0.3) is 0 Å². The minimum Gasteiger partial charge on any atom is -0.378 e. The lowest BCUT2D eigenvalue weighted by Crippen LogP contribution is -2.05. The van der Waals surface area contributed by atoms with Crippen LogP contribution in [0.2, 0.25) is 0 Å². The average molecular weight is 241 g/mol. The van der Waals surface area contributed by atoms with Crippen molar-refractivity contribution in [2.45, 2.75) is 46.1 Å². The van der Waals surface area contributed by atoms with Gasteiger partial charge in [-0.2, -0.15) is 0 Å². The molecular formula is C17H23N. The minimum absolute atomic E-state index is 0.410. The van der Waals surface area contributed by atoms with E-state index in [1.54, 1.807) is 0 Å². The summed E-state index contributed by atoms with van der Waals surface area (Å²) in [5.41, 5.74) is 6.65. The highest BCUT2D eigenvalue weighted by molar-refractivity contribution is 5.74. The standard InChI is InChI=1S/C14H15N.C3H8/c1-9-13-7-11-5-3-4-6-12(11)8-14(13)10(2)15-9;1-3-2/h4,6-8,10,15H,1,3,5H2,2H3;3H2,1-2H3. The Labute approximate surface area is 111 Å². The molecule has 3 rings (SSSR count). The van der Waals surface area contributed by atoms with Gasteiger partial charge in [-0.3, -0.25) is 0 Å². The average Bonchev–Trinajstić information content (AvgIpc) is 2.63. The van der Waals surface area contributed by atoms with Gasteiger partial charge in [-0.05, 0) is 48.6 Å². The summed E-state index contributed by atoms with van der Waals surface area (Å²) in [7, 11) is 0. The van der Waals surface area contributed by atoms with E-state index in [2.05, 4.69) is 57.0 Å². The zero-order valence-corrected chi connectivity index (χ0v) is 11.7. The Morgan fingerprint density at radius 1 is 1.33 bits per heavy atom. The van der Waals surface area contributed by atoms with Gasteiger partial charge in [-0.25, -0.2) is 0 Å². The van der Waals surface area contributed by atoms with Crippen LogP contribution in [0.4, 0.5) is 0 Å². The van der Waals surface area contributed by atoms with Gasteiger partial charge in [0, 0.05) is 17.3 Å². The smallest absolute Gasteiger partial charge is 0.0492 e. The molecule has 96 valence electrons. The third kappa shape index (κ3) is 2.35. The van der Waals surface area contributed by atoms with Gasteiger partial charge in [-0.15, -0.1) is 0 Å². The van der Waals surface area contributed by atoms with Crippen LogP contribution in [0.1, 0.15) is 61.9 Å². The maximum atomic E-state index is 4.07. The molecule has 1 heteroatoms. The van der Waals surface area contributed by atoms with Crippen LogP contribution in [0.5, 0.6) is 0 Å². The van der Waals surface area contributed by atoms with Crippen LogP contribution in [-0.4, -0.2) is 0 Å². The summed E-state index contributed by atoms with van der Waals surface area (Å²) >= 11 is 0. The Balaban J connectivity index is 0.000000367. The van der Waals surface area contributed by atoms with Gasteiger partial charge in [0.05, 0.1) is 0 Å². The third-order valence-electron chi connectivity index (χ3n) is 3.37. The lowest BCUT2D eigenvalue weighted by molar-refractivity contribution is 0.736. The summed E-state index contributed by atoms with van der Waals surface area (Å²) in [6.07, 6.45) is 8.09. The minimum atomic E-state index is 0.410. The van der Waals surface area contributed by atoms with Crippen LogP contribution >= 0.6 is 0 Å². The number of allylic oxidation sites excluding steroid dienone is 1. The maximum Gasteiger partial charge on any atom is 0.0492 e. The van der Waals surface area contributed by atoms with Crippen LogP contribution in [-0.2, 0) is 6.42 Å². The van der Waals surface area contributed by atoms with Crippen LogP contribution in [0.25, 0.3) is 11.8 Å². The van der Waals surface area contributed by atoms with Crippen molar-refractivity contribution in [2.75, 3.05) is 0 Å². The molecule has 0 fully saturated rings. The second-order valence-electron chi connectivity index (χ2n) is 5.13. The second kappa shape index (κ2) is 5.43. The zero-order valence-electron chi connectivity index (χ0n) is 11.7. The summed E-state index contributed by atoms with van der Waals surface area (Å²) in [6, 6.07) is 5.04. The highest BCUT2D eigenvalue weighted by Gasteiger charge is 2.22. The number of nitrogens with one attached hydrogen (secondary N) is 1.